The van der Waals surface area contributed by atoms with Gasteiger partial charge in [-0.2, -0.15) is 13.2 Å². The Balaban J connectivity index is 1.56. The molecule has 0 saturated carbocycles. The summed E-state index contributed by atoms with van der Waals surface area (Å²) in [5, 5.41) is 0.411. The van der Waals surface area contributed by atoms with E-state index in [1.165, 1.54) is 11.6 Å². The van der Waals surface area contributed by atoms with Crippen molar-refractivity contribution in [3.63, 3.8) is 0 Å². The molecular weight excluding hydrogens is 337 g/mol. The molecule has 1 aliphatic heterocycles. The van der Waals surface area contributed by atoms with Crippen molar-refractivity contribution in [1.29, 1.82) is 0 Å². The molecule has 1 amide bonds. The number of halogens is 3. The number of hydrogen-bond acceptors (Lipinski definition) is 3. The summed E-state index contributed by atoms with van der Waals surface area (Å²) in [6.07, 6.45) is -2.78. The lowest BCUT2D eigenvalue weighted by atomic mass is 10.00. The van der Waals surface area contributed by atoms with Crippen molar-refractivity contribution in [1.82, 2.24) is 9.88 Å². The summed E-state index contributed by atoms with van der Waals surface area (Å²) < 4.78 is 37.5. The average molecular weight is 352 g/mol. The van der Waals surface area contributed by atoms with E-state index >= 15 is 0 Å². The van der Waals surface area contributed by atoms with Crippen molar-refractivity contribution in [2.75, 3.05) is 12.3 Å². The van der Waals surface area contributed by atoms with Gasteiger partial charge in [0.15, 0.2) is 0 Å². The predicted molar refractivity (Wildman–Crippen MR) is 85.5 cm³/mol. The minimum atomic E-state index is -4.40. The van der Waals surface area contributed by atoms with Crippen LogP contribution in [0.3, 0.4) is 0 Å². The van der Waals surface area contributed by atoms with Crippen LogP contribution in [0.2, 0.25) is 0 Å². The molecule has 0 spiro atoms. The molecule has 0 fully saturated rings. The standard InChI is InChI=1S/C17H15F3N2OS/c18-17(19,20)14-5-6-15(21-9-14)24-11-16(23)22-8-7-12-3-1-2-4-13(12)10-22/h1-6,9H,7-8,10-11H2. The minimum absolute atomic E-state index is 0.0313. The second kappa shape index (κ2) is 6.84. The lowest BCUT2D eigenvalue weighted by Gasteiger charge is -2.28. The van der Waals surface area contributed by atoms with Crippen LogP contribution in [0.1, 0.15) is 16.7 Å². The number of alkyl halides is 3. The summed E-state index contributed by atoms with van der Waals surface area (Å²) in [4.78, 5) is 17.9. The fraction of sp³-hybridized carbons (Fsp3) is 0.294. The number of thioether (sulfide) groups is 1. The molecule has 126 valence electrons. The van der Waals surface area contributed by atoms with Crippen LogP contribution >= 0.6 is 11.8 Å². The fourth-order valence-electron chi connectivity index (χ4n) is 2.57. The molecule has 2 aromatic rings. The van der Waals surface area contributed by atoms with Gasteiger partial charge in [-0.25, -0.2) is 4.98 Å². The van der Waals surface area contributed by atoms with Crippen LogP contribution in [0.4, 0.5) is 13.2 Å². The number of carbonyl (C=O) groups is 1. The summed E-state index contributed by atoms with van der Waals surface area (Å²) in [5.74, 6) is 0.136. The summed E-state index contributed by atoms with van der Waals surface area (Å²) >= 11 is 1.15. The van der Waals surface area contributed by atoms with E-state index in [2.05, 4.69) is 11.1 Å². The van der Waals surface area contributed by atoms with Gasteiger partial charge in [0.25, 0.3) is 0 Å². The second-order valence-corrected chi connectivity index (χ2v) is 6.50. The maximum Gasteiger partial charge on any atom is 0.417 e. The van der Waals surface area contributed by atoms with E-state index in [4.69, 9.17) is 0 Å². The van der Waals surface area contributed by atoms with E-state index in [1.54, 1.807) is 4.90 Å². The van der Waals surface area contributed by atoms with Gasteiger partial charge in [0.1, 0.15) is 0 Å². The van der Waals surface area contributed by atoms with Crippen molar-refractivity contribution < 1.29 is 18.0 Å². The molecule has 0 radical (unpaired) electrons. The fourth-order valence-corrected chi connectivity index (χ4v) is 3.31. The monoisotopic (exact) mass is 352 g/mol. The maximum absolute atomic E-state index is 12.5. The molecule has 1 aromatic heterocycles. The summed E-state index contributed by atoms with van der Waals surface area (Å²) in [5.41, 5.74) is 1.62. The highest BCUT2D eigenvalue weighted by Gasteiger charge is 2.30. The summed E-state index contributed by atoms with van der Waals surface area (Å²) in [6, 6.07) is 10.3. The zero-order valence-electron chi connectivity index (χ0n) is 12.7. The van der Waals surface area contributed by atoms with Crippen molar-refractivity contribution in [3.05, 3.63) is 59.3 Å². The molecule has 0 saturated heterocycles. The van der Waals surface area contributed by atoms with Crippen LogP contribution in [0.5, 0.6) is 0 Å². The first kappa shape index (κ1) is 16.8. The third-order valence-electron chi connectivity index (χ3n) is 3.89. The molecule has 0 unspecified atom stereocenters. The highest BCUT2D eigenvalue weighted by Crippen LogP contribution is 2.29. The number of nitrogens with zero attached hydrogens (tertiary/aromatic N) is 2. The first-order chi connectivity index (χ1) is 11.4. The van der Waals surface area contributed by atoms with Gasteiger partial charge in [-0.15, -0.1) is 0 Å². The highest BCUT2D eigenvalue weighted by molar-refractivity contribution is 7.99. The Hall–Kier alpha value is -2.02. The molecular formula is C17H15F3N2OS. The Morgan fingerprint density at radius 1 is 1.17 bits per heavy atom. The van der Waals surface area contributed by atoms with Crippen LogP contribution in [-0.4, -0.2) is 28.1 Å². The van der Waals surface area contributed by atoms with Gasteiger partial charge in [-0.3, -0.25) is 4.79 Å². The molecule has 1 aromatic carbocycles. The van der Waals surface area contributed by atoms with Gasteiger partial charge in [0, 0.05) is 19.3 Å². The predicted octanol–water partition coefficient (Wildman–Crippen LogP) is 3.78. The van der Waals surface area contributed by atoms with Crippen LogP contribution in [0.25, 0.3) is 0 Å². The quantitative estimate of drug-likeness (QED) is 0.789. The van der Waals surface area contributed by atoms with Gasteiger partial charge in [0.2, 0.25) is 5.91 Å². The Bertz CT molecular complexity index is 731. The molecule has 24 heavy (non-hydrogen) atoms. The van der Waals surface area contributed by atoms with E-state index in [0.717, 1.165) is 36.0 Å². The zero-order valence-corrected chi connectivity index (χ0v) is 13.5. The maximum atomic E-state index is 12.5. The van der Waals surface area contributed by atoms with Crippen molar-refractivity contribution >= 4 is 17.7 Å². The molecule has 0 aliphatic carbocycles. The molecule has 0 bridgehead atoms. The number of amides is 1. The van der Waals surface area contributed by atoms with E-state index in [9.17, 15) is 18.0 Å². The van der Waals surface area contributed by atoms with Crippen LogP contribution in [-0.2, 0) is 23.9 Å². The van der Waals surface area contributed by atoms with E-state index < -0.39 is 11.7 Å². The normalized spacial score (nSPS) is 14.4. The van der Waals surface area contributed by atoms with Gasteiger partial charge in [-0.05, 0) is 29.7 Å². The molecule has 2 heterocycles. The van der Waals surface area contributed by atoms with Crippen LogP contribution < -0.4 is 0 Å². The van der Waals surface area contributed by atoms with Gasteiger partial charge in [0.05, 0.1) is 16.3 Å². The molecule has 1 aliphatic rings. The lowest BCUT2D eigenvalue weighted by molar-refractivity contribution is -0.138. The largest absolute Gasteiger partial charge is 0.417 e. The molecule has 0 N–H and O–H groups in total. The topological polar surface area (TPSA) is 33.2 Å². The van der Waals surface area contributed by atoms with E-state index in [1.807, 2.05) is 18.2 Å². The first-order valence-corrected chi connectivity index (χ1v) is 8.42. The first-order valence-electron chi connectivity index (χ1n) is 7.44. The second-order valence-electron chi connectivity index (χ2n) is 5.51. The lowest BCUT2D eigenvalue weighted by Crippen LogP contribution is -2.37. The third-order valence-corrected chi connectivity index (χ3v) is 4.82. The number of pyridine rings is 1. The van der Waals surface area contributed by atoms with Gasteiger partial charge in [-0.1, -0.05) is 36.0 Å². The van der Waals surface area contributed by atoms with Gasteiger partial charge >= 0.3 is 6.18 Å². The van der Waals surface area contributed by atoms with Crippen molar-refractivity contribution in [2.45, 2.75) is 24.2 Å². The van der Waals surface area contributed by atoms with E-state index in [-0.39, 0.29) is 11.7 Å². The Kier molecular flexibility index (Phi) is 4.80. The van der Waals surface area contributed by atoms with Crippen LogP contribution in [0, 0.1) is 0 Å². The van der Waals surface area contributed by atoms with Crippen LogP contribution in [0.15, 0.2) is 47.6 Å². The Morgan fingerprint density at radius 2 is 1.92 bits per heavy atom. The Labute approximate surface area is 141 Å². The molecule has 7 heteroatoms. The van der Waals surface area contributed by atoms with Crippen molar-refractivity contribution in [2.24, 2.45) is 0 Å². The number of rotatable bonds is 3. The number of fused-ring (bicyclic) bond motifs is 1. The number of aromatic nitrogens is 1. The Morgan fingerprint density at radius 3 is 2.58 bits per heavy atom. The third kappa shape index (κ3) is 3.90. The smallest absolute Gasteiger partial charge is 0.337 e. The highest BCUT2D eigenvalue weighted by atomic mass is 32.2. The summed E-state index contributed by atoms with van der Waals surface area (Å²) in [7, 11) is 0. The number of benzene rings is 1. The number of hydrogen-bond donors (Lipinski definition) is 0. The minimum Gasteiger partial charge on any atom is -0.337 e. The molecule has 3 nitrogen and oxygen atoms in total. The SMILES string of the molecule is O=C(CSc1ccc(C(F)(F)F)cn1)N1CCc2ccccc2C1. The number of carbonyl (C=O) groups excluding carboxylic acids is 1. The molecule has 3 rings (SSSR count). The zero-order chi connectivity index (χ0) is 17.2. The summed E-state index contributed by atoms with van der Waals surface area (Å²) in [6.45, 7) is 1.24. The average Bonchev–Trinajstić information content (AvgIpc) is 2.59. The van der Waals surface area contributed by atoms with Gasteiger partial charge < -0.3 is 4.90 Å². The van der Waals surface area contributed by atoms with E-state index in [0.29, 0.717) is 18.1 Å². The van der Waals surface area contributed by atoms with Crippen molar-refractivity contribution in [3.8, 4) is 0 Å². The molecule has 0 atom stereocenters.